The van der Waals surface area contributed by atoms with Gasteiger partial charge >= 0.3 is 23.3 Å². The number of rotatable bonds is 5. The second-order valence-corrected chi connectivity index (χ2v) is 7.20. The molecule has 0 saturated carbocycles. The summed E-state index contributed by atoms with van der Waals surface area (Å²) in [5, 5.41) is 0. The largest absolute Gasteiger partial charge is 1.00 e. The maximum Gasteiger partial charge on any atom is 1.00 e. The molecule has 1 atom stereocenters. The zero-order valence-corrected chi connectivity index (χ0v) is 16.1. The van der Waals surface area contributed by atoms with E-state index < -0.39 is 22.5 Å². The zero-order chi connectivity index (χ0) is 17.0. The van der Waals surface area contributed by atoms with Gasteiger partial charge in [0, 0.05) is 6.04 Å². The number of nitrogens with one attached hydrogen (secondary N) is 1. The molecule has 0 heterocycles. The fraction of sp³-hybridized carbons (Fsp3) is 0.562. The molecule has 1 aliphatic rings. The van der Waals surface area contributed by atoms with Crippen molar-refractivity contribution in [2.45, 2.75) is 51.7 Å². The molecule has 8 heteroatoms. The number of carbonyl (C=O) groups is 1. The number of fused-ring (bicyclic) bond motifs is 1. The quantitative estimate of drug-likeness (QED) is 0.490. The van der Waals surface area contributed by atoms with Crippen molar-refractivity contribution >= 4 is 34.2 Å². The average Bonchev–Trinajstić information content (AvgIpc) is 2.43. The van der Waals surface area contributed by atoms with Gasteiger partial charge in [0.25, 0.3) is 0 Å². The molecule has 1 N–H and O–H groups in total. The molecular weight excluding hydrogens is 345 g/mol. The Morgan fingerprint density at radius 3 is 2.67 bits per heavy atom. The van der Waals surface area contributed by atoms with Crippen LogP contribution < -0.4 is 9.46 Å². The first-order valence-electron chi connectivity index (χ1n) is 7.58. The standard InChI is InChI=1S/C16H22NO5S.Al/c1-16(2,3)22-15(18)10-21-14-9-5-6-11-12(14)7-4-8-13(11)17-23(19)20;/h5-6,9,13H,4,7-8,10H2,1-3H3,(H,17,19,20);/q-1;+1/t13-;/m1./s1. The fourth-order valence-corrected chi connectivity index (χ4v) is 3.17. The van der Waals surface area contributed by atoms with Gasteiger partial charge in [-0.2, -0.15) is 0 Å². The summed E-state index contributed by atoms with van der Waals surface area (Å²) in [6.45, 7) is 5.23. The Kier molecular flexibility index (Phi) is 7.74. The van der Waals surface area contributed by atoms with Crippen LogP contribution in [0.4, 0.5) is 0 Å². The first-order chi connectivity index (χ1) is 10.8. The molecule has 1 aliphatic carbocycles. The maximum absolute atomic E-state index is 11.8. The van der Waals surface area contributed by atoms with Gasteiger partial charge in [-0.25, -0.2) is 4.79 Å². The van der Waals surface area contributed by atoms with E-state index in [0.717, 1.165) is 30.4 Å². The van der Waals surface area contributed by atoms with Gasteiger partial charge in [0.2, 0.25) is 0 Å². The Morgan fingerprint density at radius 2 is 2.04 bits per heavy atom. The molecule has 0 spiro atoms. The van der Waals surface area contributed by atoms with Crippen LogP contribution in [0.25, 0.3) is 0 Å². The number of hydrogen-bond acceptors (Lipinski definition) is 6. The predicted molar refractivity (Wildman–Crippen MR) is 91.1 cm³/mol. The van der Waals surface area contributed by atoms with E-state index in [1.165, 1.54) is 0 Å². The second kappa shape index (κ2) is 8.86. The van der Waals surface area contributed by atoms with Gasteiger partial charge in [0.1, 0.15) is 11.4 Å². The predicted octanol–water partition coefficient (Wildman–Crippen LogP) is 2.22. The molecule has 0 amide bonds. The van der Waals surface area contributed by atoms with E-state index in [0.29, 0.717) is 5.75 Å². The molecule has 0 unspecified atom stereocenters. The molecule has 0 saturated heterocycles. The maximum atomic E-state index is 11.8. The summed E-state index contributed by atoms with van der Waals surface area (Å²) in [5.41, 5.74) is 1.30. The van der Waals surface area contributed by atoms with E-state index in [4.69, 9.17) is 9.47 Å². The van der Waals surface area contributed by atoms with Gasteiger partial charge < -0.3 is 22.6 Å². The van der Waals surface area contributed by atoms with E-state index >= 15 is 0 Å². The Morgan fingerprint density at radius 1 is 1.33 bits per heavy atom. The molecule has 2 radical (unpaired) electrons. The van der Waals surface area contributed by atoms with E-state index in [-0.39, 0.29) is 30.0 Å². The summed E-state index contributed by atoms with van der Waals surface area (Å²) in [4.78, 5) is 11.8. The van der Waals surface area contributed by atoms with Gasteiger partial charge in [-0.05, 0) is 68.1 Å². The minimum Gasteiger partial charge on any atom is -0.482 e. The topological polar surface area (TPSA) is 81.7 Å². The van der Waals surface area contributed by atoms with Crippen molar-refractivity contribution < 1.29 is 22.7 Å². The van der Waals surface area contributed by atoms with E-state index in [1.54, 1.807) is 32.9 Å². The molecular formula is C16H22AlNO5S. The van der Waals surface area contributed by atoms with Crippen molar-refractivity contribution in [1.82, 2.24) is 4.72 Å². The molecule has 0 aromatic heterocycles. The van der Waals surface area contributed by atoms with Gasteiger partial charge in [-0.1, -0.05) is 12.1 Å². The van der Waals surface area contributed by atoms with E-state index in [1.807, 2.05) is 6.07 Å². The molecule has 130 valence electrons. The Balaban J connectivity index is 0.00000288. The van der Waals surface area contributed by atoms with Crippen molar-refractivity contribution in [3.8, 4) is 5.75 Å². The Hall–Kier alpha value is -1.07. The number of carbonyl (C=O) groups excluding carboxylic acids is 1. The number of benzene rings is 1. The van der Waals surface area contributed by atoms with Crippen molar-refractivity contribution in [2.24, 2.45) is 0 Å². The van der Waals surface area contributed by atoms with Crippen LogP contribution in [0.1, 0.15) is 50.8 Å². The van der Waals surface area contributed by atoms with Crippen LogP contribution in [0.3, 0.4) is 0 Å². The monoisotopic (exact) mass is 367 g/mol. The summed E-state index contributed by atoms with van der Waals surface area (Å²) in [7, 11) is -2.31. The van der Waals surface area contributed by atoms with Crippen LogP contribution in [0, 0.1) is 0 Å². The van der Waals surface area contributed by atoms with Gasteiger partial charge in [-0.3, -0.25) is 0 Å². The molecule has 0 aliphatic heterocycles. The van der Waals surface area contributed by atoms with Crippen LogP contribution in [-0.4, -0.2) is 35.5 Å². The van der Waals surface area contributed by atoms with Crippen molar-refractivity contribution in [1.29, 1.82) is 0 Å². The van der Waals surface area contributed by atoms with Gasteiger partial charge in [0.15, 0.2) is 6.61 Å². The summed E-state index contributed by atoms with van der Waals surface area (Å²) < 4.78 is 35.2. The Labute approximate surface area is 155 Å². The molecule has 1 aromatic carbocycles. The minimum absolute atomic E-state index is 0. The van der Waals surface area contributed by atoms with Crippen LogP contribution in [0.15, 0.2) is 18.2 Å². The third-order valence-electron chi connectivity index (χ3n) is 3.47. The third kappa shape index (κ3) is 6.10. The molecule has 6 nitrogen and oxygen atoms in total. The fourth-order valence-electron chi connectivity index (χ4n) is 2.70. The smallest absolute Gasteiger partial charge is 0.482 e. The average molecular weight is 367 g/mol. The van der Waals surface area contributed by atoms with E-state index in [2.05, 4.69) is 4.72 Å². The second-order valence-electron chi connectivity index (χ2n) is 6.50. The van der Waals surface area contributed by atoms with Crippen molar-refractivity contribution in [3.63, 3.8) is 0 Å². The Bertz CT molecular complexity index is 646. The van der Waals surface area contributed by atoms with E-state index in [9.17, 15) is 13.2 Å². The third-order valence-corrected chi connectivity index (χ3v) is 3.95. The molecule has 1 aromatic rings. The SMILES string of the molecule is CC(C)(C)OC(=O)COc1cccc2c1CCC[C@H]2N[S-](=O)=O.[Al+]. The number of ether oxygens (including phenoxy) is 2. The summed E-state index contributed by atoms with van der Waals surface area (Å²) in [6.07, 6.45) is 2.40. The van der Waals surface area contributed by atoms with Crippen LogP contribution in [0.2, 0.25) is 0 Å². The number of esters is 1. The van der Waals surface area contributed by atoms with Crippen LogP contribution in [-0.2, 0) is 35.3 Å². The first kappa shape index (κ1) is 21.0. The number of hydrogen-bond donors (Lipinski definition) is 1. The molecule has 0 bridgehead atoms. The molecule has 0 fully saturated rings. The van der Waals surface area contributed by atoms with Gasteiger partial charge in [0.05, 0.1) is 0 Å². The normalized spacial score (nSPS) is 16.9. The first-order valence-corrected chi connectivity index (χ1v) is 8.65. The summed E-state index contributed by atoms with van der Waals surface area (Å²) >= 11 is 0. The van der Waals surface area contributed by atoms with Crippen LogP contribution in [0.5, 0.6) is 5.75 Å². The van der Waals surface area contributed by atoms with Crippen molar-refractivity contribution in [3.05, 3.63) is 29.3 Å². The molecule has 24 heavy (non-hydrogen) atoms. The van der Waals surface area contributed by atoms with Gasteiger partial charge in [-0.15, -0.1) is 0 Å². The van der Waals surface area contributed by atoms with Crippen LogP contribution >= 0.6 is 0 Å². The molecule has 2 rings (SSSR count). The van der Waals surface area contributed by atoms with Crippen molar-refractivity contribution in [2.75, 3.05) is 6.61 Å². The minimum atomic E-state index is -2.31. The summed E-state index contributed by atoms with van der Waals surface area (Å²) in [6, 6.07) is 5.23. The summed E-state index contributed by atoms with van der Waals surface area (Å²) in [5.74, 6) is 0.179. The zero-order valence-electron chi connectivity index (χ0n) is 14.2.